The summed E-state index contributed by atoms with van der Waals surface area (Å²) in [7, 11) is 0. The number of amides is 1. The third-order valence-corrected chi connectivity index (χ3v) is 4.76. The van der Waals surface area contributed by atoms with Crippen LogP contribution in [-0.4, -0.2) is 52.8 Å². The highest BCUT2D eigenvalue weighted by Gasteiger charge is 2.50. The van der Waals surface area contributed by atoms with E-state index in [4.69, 9.17) is 14.2 Å². The predicted octanol–water partition coefficient (Wildman–Crippen LogP) is 2.80. The summed E-state index contributed by atoms with van der Waals surface area (Å²) in [6, 6.07) is -0.605. The van der Waals surface area contributed by atoms with E-state index in [-0.39, 0.29) is 5.91 Å². The summed E-state index contributed by atoms with van der Waals surface area (Å²) in [6.45, 7) is 11.2. The van der Waals surface area contributed by atoms with Gasteiger partial charge in [-0.1, -0.05) is 19.8 Å². The van der Waals surface area contributed by atoms with Crippen molar-refractivity contribution < 1.29 is 28.6 Å². The SMILES string of the molecule is CCCCC(C(=O)N1CCCC1C(=O)OC(C)(C)C)C1OC(C)(C)OC1=O. The molecule has 0 saturated carbocycles. The molecule has 2 aliphatic heterocycles. The molecule has 2 aliphatic rings. The summed E-state index contributed by atoms with van der Waals surface area (Å²) in [4.78, 5) is 39.7. The Kier molecular flexibility index (Phi) is 6.55. The van der Waals surface area contributed by atoms with E-state index in [0.29, 0.717) is 19.4 Å². The molecule has 27 heavy (non-hydrogen) atoms. The Morgan fingerprint density at radius 2 is 2.00 bits per heavy atom. The first kappa shape index (κ1) is 21.7. The van der Waals surface area contributed by atoms with Crippen molar-refractivity contribution in [3.8, 4) is 0 Å². The van der Waals surface area contributed by atoms with Crippen molar-refractivity contribution in [1.29, 1.82) is 0 Å². The van der Waals surface area contributed by atoms with Crippen LogP contribution in [0.15, 0.2) is 0 Å². The first-order valence-electron chi connectivity index (χ1n) is 9.89. The monoisotopic (exact) mass is 383 g/mol. The quantitative estimate of drug-likeness (QED) is 0.656. The number of likely N-dealkylation sites (tertiary alicyclic amines) is 1. The molecule has 0 aromatic heterocycles. The molecule has 2 rings (SSSR count). The van der Waals surface area contributed by atoms with Gasteiger partial charge in [0.2, 0.25) is 11.7 Å². The van der Waals surface area contributed by atoms with Crippen LogP contribution in [0.1, 0.15) is 73.6 Å². The molecule has 2 fully saturated rings. The van der Waals surface area contributed by atoms with Crippen LogP contribution in [0.2, 0.25) is 0 Å². The molecule has 2 saturated heterocycles. The highest BCUT2D eigenvalue weighted by atomic mass is 16.8. The first-order valence-corrected chi connectivity index (χ1v) is 9.89. The summed E-state index contributed by atoms with van der Waals surface area (Å²) in [5, 5.41) is 0. The highest BCUT2D eigenvalue weighted by Crippen LogP contribution is 2.33. The van der Waals surface area contributed by atoms with E-state index in [1.165, 1.54) is 0 Å². The van der Waals surface area contributed by atoms with E-state index in [1.54, 1.807) is 39.5 Å². The second-order valence-electron chi connectivity index (χ2n) is 8.83. The van der Waals surface area contributed by atoms with Gasteiger partial charge in [0.05, 0.1) is 5.92 Å². The number of cyclic esters (lactones) is 1. The molecular formula is C20H33NO6. The fourth-order valence-corrected chi connectivity index (χ4v) is 3.61. The summed E-state index contributed by atoms with van der Waals surface area (Å²) in [6.07, 6.45) is 2.57. The van der Waals surface area contributed by atoms with Crippen LogP contribution in [0, 0.1) is 5.92 Å². The second-order valence-corrected chi connectivity index (χ2v) is 8.83. The molecule has 0 aromatic carbocycles. The average Bonchev–Trinajstić information content (AvgIpc) is 3.10. The van der Waals surface area contributed by atoms with Crippen molar-refractivity contribution in [2.24, 2.45) is 5.92 Å². The van der Waals surface area contributed by atoms with Gasteiger partial charge in [-0.05, 0) is 40.0 Å². The number of nitrogens with zero attached hydrogens (tertiary/aromatic N) is 1. The lowest BCUT2D eigenvalue weighted by molar-refractivity contribution is -0.168. The average molecular weight is 383 g/mol. The van der Waals surface area contributed by atoms with E-state index in [9.17, 15) is 14.4 Å². The zero-order valence-electron chi connectivity index (χ0n) is 17.4. The molecule has 7 nitrogen and oxygen atoms in total. The largest absolute Gasteiger partial charge is 0.458 e. The number of esters is 2. The first-order chi connectivity index (χ1) is 12.4. The lowest BCUT2D eigenvalue weighted by Crippen LogP contribution is -2.49. The standard InChI is InChI=1S/C20H33NO6/c1-7-8-10-13(15-18(24)27-20(5,6)25-15)16(22)21-12-9-11-14(21)17(23)26-19(2,3)4/h13-15H,7-12H2,1-6H3. The van der Waals surface area contributed by atoms with Gasteiger partial charge < -0.3 is 19.1 Å². The van der Waals surface area contributed by atoms with Crippen LogP contribution in [0.5, 0.6) is 0 Å². The van der Waals surface area contributed by atoms with Gasteiger partial charge in [0.1, 0.15) is 11.6 Å². The van der Waals surface area contributed by atoms with Crippen molar-refractivity contribution in [1.82, 2.24) is 4.90 Å². The number of ether oxygens (including phenoxy) is 3. The van der Waals surface area contributed by atoms with E-state index < -0.39 is 41.4 Å². The topological polar surface area (TPSA) is 82.1 Å². The molecule has 2 heterocycles. The number of rotatable bonds is 6. The number of hydrogen-bond donors (Lipinski definition) is 0. The Bertz CT molecular complexity index is 580. The van der Waals surface area contributed by atoms with Crippen LogP contribution in [-0.2, 0) is 28.6 Å². The molecular weight excluding hydrogens is 350 g/mol. The van der Waals surface area contributed by atoms with E-state index >= 15 is 0 Å². The minimum Gasteiger partial charge on any atom is -0.458 e. The van der Waals surface area contributed by atoms with Crippen molar-refractivity contribution in [2.45, 2.75) is 97.2 Å². The normalized spacial score (nSPS) is 26.0. The third kappa shape index (κ3) is 5.43. The van der Waals surface area contributed by atoms with Crippen LogP contribution in [0.3, 0.4) is 0 Å². The molecule has 1 amide bonds. The zero-order valence-corrected chi connectivity index (χ0v) is 17.4. The van der Waals surface area contributed by atoms with E-state index in [0.717, 1.165) is 19.3 Å². The predicted molar refractivity (Wildman–Crippen MR) is 98.6 cm³/mol. The van der Waals surface area contributed by atoms with Gasteiger partial charge in [-0.15, -0.1) is 0 Å². The lowest BCUT2D eigenvalue weighted by atomic mass is 9.94. The molecule has 3 unspecified atom stereocenters. The Hall–Kier alpha value is -1.63. The second kappa shape index (κ2) is 8.17. The van der Waals surface area contributed by atoms with Crippen molar-refractivity contribution >= 4 is 17.8 Å². The maximum atomic E-state index is 13.3. The summed E-state index contributed by atoms with van der Waals surface area (Å²) in [5.41, 5.74) is -0.613. The highest BCUT2D eigenvalue weighted by molar-refractivity contribution is 5.91. The van der Waals surface area contributed by atoms with Crippen molar-refractivity contribution in [3.63, 3.8) is 0 Å². The molecule has 7 heteroatoms. The van der Waals surface area contributed by atoms with Gasteiger partial charge >= 0.3 is 11.9 Å². The van der Waals surface area contributed by atoms with E-state index in [1.807, 2.05) is 6.92 Å². The van der Waals surface area contributed by atoms with Gasteiger partial charge in [-0.3, -0.25) is 4.79 Å². The molecule has 0 spiro atoms. The number of carbonyl (C=O) groups excluding carboxylic acids is 3. The van der Waals surface area contributed by atoms with Gasteiger partial charge in [0.25, 0.3) is 0 Å². The summed E-state index contributed by atoms with van der Waals surface area (Å²) < 4.78 is 16.5. The fraction of sp³-hybridized carbons (Fsp3) is 0.850. The number of hydrogen-bond acceptors (Lipinski definition) is 6. The fourth-order valence-electron chi connectivity index (χ4n) is 3.61. The summed E-state index contributed by atoms with van der Waals surface area (Å²) in [5.74, 6) is -2.82. The summed E-state index contributed by atoms with van der Waals surface area (Å²) >= 11 is 0. The van der Waals surface area contributed by atoms with Crippen LogP contribution >= 0.6 is 0 Å². The number of carbonyl (C=O) groups is 3. The van der Waals surface area contributed by atoms with Crippen LogP contribution in [0.4, 0.5) is 0 Å². The smallest absolute Gasteiger partial charge is 0.338 e. The number of unbranched alkanes of at least 4 members (excludes halogenated alkanes) is 1. The minimum atomic E-state index is -1.04. The van der Waals surface area contributed by atoms with Crippen molar-refractivity contribution in [3.05, 3.63) is 0 Å². The Balaban J connectivity index is 2.18. The van der Waals surface area contributed by atoms with Gasteiger partial charge in [-0.2, -0.15) is 0 Å². The zero-order chi connectivity index (χ0) is 20.4. The molecule has 0 aromatic rings. The molecule has 0 N–H and O–H groups in total. The Labute approximate surface area is 161 Å². The molecule has 0 aliphatic carbocycles. The maximum absolute atomic E-state index is 13.3. The van der Waals surface area contributed by atoms with Gasteiger partial charge in [0.15, 0.2) is 6.10 Å². The van der Waals surface area contributed by atoms with Gasteiger partial charge in [-0.25, -0.2) is 9.59 Å². The third-order valence-electron chi connectivity index (χ3n) is 4.76. The molecule has 3 atom stereocenters. The Morgan fingerprint density at radius 3 is 2.52 bits per heavy atom. The molecule has 154 valence electrons. The lowest BCUT2D eigenvalue weighted by Gasteiger charge is -2.31. The maximum Gasteiger partial charge on any atom is 0.338 e. The van der Waals surface area contributed by atoms with E-state index in [2.05, 4.69) is 0 Å². The van der Waals surface area contributed by atoms with Crippen LogP contribution < -0.4 is 0 Å². The van der Waals surface area contributed by atoms with Crippen LogP contribution in [0.25, 0.3) is 0 Å². The van der Waals surface area contributed by atoms with Gasteiger partial charge in [0, 0.05) is 20.4 Å². The minimum absolute atomic E-state index is 0.226. The molecule has 0 radical (unpaired) electrons. The molecule has 0 bridgehead atoms. The Morgan fingerprint density at radius 1 is 1.33 bits per heavy atom. The van der Waals surface area contributed by atoms with Crippen molar-refractivity contribution in [2.75, 3.05) is 6.54 Å².